The zero-order chi connectivity index (χ0) is 15.5. The van der Waals surface area contributed by atoms with Crippen LogP contribution >= 0.6 is 0 Å². The van der Waals surface area contributed by atoms with Crippen LogP contribution in [0.1, 0.15) is 33.6 Å². The third kappa shape index (κ3) is 4.39. The zero-order valence-electron chi connectivity index (χ0n) is 13.4. The van der Waals surface area contributed by atoms with Crippen molar-refractivity contribution in [2.75, 3.05) is 39.4 Å². The smallest absolute Gasteiger partial charge is 0.282 e. The molecule has 2 rings (SSSR count). The summed E-state index contributed by atoms with van der Waals surface area (Å²) in [6.07, 6.45) is 2.05. The van der Waals surface area contributed by atoms with E-state index in [0.717, 1.165) is 19.4 Å². The first-order valence-corrected chi connectivity index (χ1v) is 9.39. The molecule has 124 valence electrons. The van der Waals surface area contributed by atoms with Gasteiger partial charge in [-0.1, -0.05) is 13.8 Å². The Kier molecular flexibility index (Phi) is 6.02. The van der Waals surface area contributed by atoms with Gasteiger partial charge in [0.05, 0.1) is 13.2 Å². The number of rotatable bonds is 5. The molecule has 0 aliphatic carbocycles. The van der Waals surface area contributed by atoms with Crippen molar-refractivity contribution in [3.8, 4) is 0 Å². The second-order valence-electron chi connectivity index (χ2n) is 6.47. The Labute approximate surface area is 129 Å². The molecule has 0 spiro atoms. The molecule has 0 saturated carbocycles. The molecular weight excluding hydrogens is 290 g/mol. The first-order valence-electron chi connectivity index (χ1n) is 7.99. The van der Waals surface area contributed by atoms with Crippen LogP contribution in [0.3, 0.4) is 0 Å². The average molecular weight is 319 g/mol. The lowest BCUT2D eigenvalue weighted by molar-refractivity contribution is 0.0354. The molecule has 0 radical (unpaired) electrons. The number of hydrogen-bond donors (Lipinski definition) is 1. The van der Waals surface area contributed by atoms with Gasteiger partial charge in [0.15, 0.2) is 0 Å². The van der Waals surface area contributed by atoms with Gasteiger partial charge in [0.1, 0.15) is 0 Å². The molecule has 0 aromatic heterocycles. The molecule has 2 saturated heterocycles. The number of piperidine rings is 1. The van der Waals surface area contributed by atoms with E-state index in [1.807, 2.05) is 6.92 Å². The fourth-order valence-electron chi connectivity index (χ4n) is 3.01. The summed E-state index contributed by atoms with van der Waals surface area (Å²) in [7, 11) is -3.35. The van der Waals surface area contributed by atoms with E-state index in [9.17, 15) is 8.42 Å². The van der Waals surface area contributed by atoms with Crippen LogP contribution in [-0.4, -0.2) is 68.5 Å². The summed E-state index contributed by atoms with van der Waals surface area (Å²) >= 11 is 0. The highest BCUT2D eigenvalue weighted by molar-refractivity contribution is 7.86. The van der Waals surface area contributed by atoms with Crippen molar-refractivity contribution in [2.45, 2.75) is 45.7 Å². The van der Waals surface area contributed by atoms with Crippen LogP contribution in [0.15, 0.2) is 0 Å². The Morgan fingerprint density at radius 1 is 1.33 bits per heavy atom. The Morgan fingerprint density at radius 2 is 2.10 bits per heavy atom. The van der Waals surface area contributed by atoms with Crippen LogP contribution in [0.2, 0.25) is 0 Å². The molecule has 2 aliphatic heterocycles. The van der Waals surface area contributed by atoms with E-state index in [2.05, 4.69) is 19.2 Å². The fraction of sp³-hybridized carbons (Fsp3) is 1.00. The molecule has 2 atom stereocenters. The fourth-order valence-corrected chi connectivity index (χ4v) is 4.88. The first kappa shape index (κ1) is 17.1. The number of ether oxygens (including phenoxy) is 1. The lowest BCUT2D eigenvalue weighted by atomic mass is 9.99. The van der Waals surface area contributed by atoms with Crippen LogP contribution in [0.25, 0.3) is 0 Å². The van der Waals surface area contributed by atoms with Crippen LogP contribution in [0.4, 0.5) is 0 Å². The van der Waals surface area contributed by atoms with Gasteiger partial charge < -0.3 is 10.1 Å². The van der Waals surface area contributed by atoms with Gasteiger partial charge in [-0.25, -0.2) is 0 Å². The summed E-state index contributed by atoms with van der Waals surface area (Å²) in [6.45, 7) is 9.77. The third-order valence-corrected chi connectivity index (χ3v) is 6.35. The third-order valence-electron chi connectivity index (χ3n) is 4.23. The molecule has 0 aromatic carbocycles. The van der Waals surface area contributed by atoms with E-state index >= 15 is 0 Å². The summed E-state index contributed by atoms with van der Waals surface area (Å²) in [5.41, 5.74) is 0. The highest BCUT2D eigenvalue weighted by atomic mass is 32.2. The van der Waals surface area contributed by atoms with E-state index in [-0.39, 0.29) is 6.04 Å². The maximum Gasteiger partial charge on any atom is 0.282 e. The Bertz CT molecular complexity index is 427. The number of nitrogens with zero attached hydrogens (tertiary/aromatic N) is 2. The van der Waals surface area contributed by atoms with E-state index in [1.54, 1.807) is 8.61 Å². The lowest BCUT2D eigenvalue weighted by Crippen LogP contribution is -2.55. The highest BCUT2D eigenvalue weighted by Crippen LogP contribution is 2.23. The van der Waals surface area contributed by atoms with Crippen molar-refractivity contribution in [1.29, 1.82) is 0 Å². The molecule has 0 amide bonds. The summed E-state index contributed by atoms with van der Waals surface area (Å²) < 4.78 is 34.2. The van der Waals surface area contributed by atoms with Gasteiger partial charge in [-0.05, 0) is 32.2 Å². The van der Waals surface area contributed by atoms with Gasteiger partial charge in [0.25, 0.3) is 10.2 Å². The van der Waals surface area contributed by atoms with Gasteiger partial charge >= 0.3 is 0 Å². The molecular formula is C14H29N3O3S. The summed E-state index contributed by atoms with van der Waals surface area (Å²) in [5.74, 6) is 0.410. The molecule has 2 fully saturated rings. The SMILES string of the molecule is CC(C)NCC1CCCN(S(=O)(=O)N2CCOCC2C)C1. The van der Waals surface area contributed by atoms with Crippen molar-refractivity contribution in [1.82, 2.24) is 13.9 Å². The van der Waals surface area contributed by atoms with Crippen molar-refractivity contribution in [3.63, 3.8) is 0 Å². The van der Waals surface area contributed by atoms with Crippen molar-refractivity contribution in [3.05, 3.63) is 0 Å². The van der Waals surface area contributed by atoms with Crippen molar-refractivity contribution < 1.29 is 13.2 Å². The van der Waals surface area contributed by atoms with Crippen LogP contribution in [0, 0.1) is 5.92 Å². The maximum absolute atomic E-state index is 12.8. The number of nitrogens with one attached hydrogen (secondary N) is 1. The average Bonchev–Trinajstić information content (AvgIpc) is 2.45. The maximum atomic E-state index is 12.8. The van der Waals surface area contributed by atoms with Crippen molar-refractivity contribution >= 4 is 10.2 Å². The van der Waals surface area contributed by atoms with Gasteiger partial charge in [0, 0.05) is 31.7 Å². The van der Waals surface area contributed by atoms with E-state index in [1.165, 1.54) is 0 Å². The summed E-state index contributed by atoms with van der Waals surface area (Å²) in [4.78, 5) is 0. The topological polar surface area (TPSA) is 61.9 Å². The quantitative estimate of drug-likeness (QED) is 0.809. The predicted octanol–water partition coefficient (Wildman–Crippen LogP) is 0.662. The minimum atomic E-state index is -3.35. The second kappa shape index (κ2) is 7.37. The Balaban J connectivity index is 1.98. The standard InChI is InChI=1S/C14H29N3O3S/c1-12(2)15-9-14-5-4-6-16(10-14)21(18,19)17-7-8-20-11-13(17)3/h12-15H,4-11H2,1-3H3. The molecule has 0 bridgehead atoms. The molecule has 21 heavy (non-hydrogen) atoms. The monoisotopic (exact) mass is 319 g/mol. The first-order chi connectivity index (χ1) is 9.91. The molecule has 2 unspecified atom stereocenters. The molecule has 6 nitrogen and oxygen atoms in total. The highest BCUT2D eigenvalue weighted by Gasteiger charge is 2.37. The van der Waals surface area contributed by atoms with Gasteiger partial charge in [-0.2, -0.15) is 17.0 Å². The predicted molar refractivity (Wildman–Crippen MR) is 83.3 cm³/mol. The van der Waals surface area contributed by atoms with Gasteiger partial charge in [0.2, 0.25) is 0 Å². The number of morpholine rings is 1. The van der Waals surface area contributed by atoms with Crippen LogP contribution in [0.5, 0.6) is 0 Å². The van der Waals surface area contributed by atoms with Gasteiger partial charge in [-0.15, -0.1) is 0 Å². The number of hydrogen-bond acceptors (Lipinski definition) is 4. The molecule has 0 aromatic rings. The normalized spacial score (nSPS) is 29.9. The van der Waals surface area contributed by atoms with Crippen LogP contribution in [-0.2, 0) is 14.9 Å². The summed E-state index contributed by atoms with van der Waals surface area (Å²) in [6, 6.07) is 0.370. The van der Waals surface area contributed by atoms with Gasteiger partial charge in [-0.3, -0.25) is 0 Å². The van der Waals surface area contributed by atoms with E-state index < -0.39 is 10.2 Å². The zero-order valence-corrected chi connectivity index (χ0v) is 14.2. The molecule has 1 N–H and O–H groups in total. The Morgan fingerprint density at radius 3 is 2.76 bits per heavy atom. The van der Waals surface area contributed by atoms with E-state index in [4.69, 9.17) is 4.74 Å². The Hall–Kier alpha value is -0.210. The molecule has 7 heteroatoms. The lowest BCUT2D eigenvalue weighted by Gasteiger charge is -2.39. The largest absolute Gasteiger partial charge is 0.378 e. The molecule has 2 heterocycles. The second-order valence-corrected chi connectivity index (χ2v) is 8.35. The minimum Gasteiger partial charge on any atom is -0.378 e. The van der Waals surface area contributed by atoms with Crippen LogP contribution < -0.4 is 5.32 Å². The van der Waals surface area contributed by atoms with Crippen molar-refractivity contribution in [2.24, 2.45) is 5.92 Å². The minimum absolute atomic E-state index is 0.0714. The molecule has 2 aliphatic rings. The van der Waals surface area contributed by atoms with E-state index in [0.29, 0.717) is 44.8 Å². The summed E-state index contributed by atoms with van der Waals surface area (Å²) in [5, 5.41) is 3.42.